The van der Waals surface area contributed by atoms with E-state index in [1.165, 1.54) is 0 Å². The van der Waals surface area contributed by atoms with Crippen LogP contribution in [0, 0.1) is 32.6 Å². The summed E-state index contributed by atoms with van der Waals surface area (Å²) in [6, 6.07) is 14.1. The lowest BCUT2D eigenvalue weighted by atomic mass is 9.95. The molecule has 6 heteroatoms. The Hall–Kier alpha value is -2.18. The predicted octanol–water partition coefficient (Wildman–Crippen LogP) is 4.28. The van der Waals surface area contributed by atoms with Crippen molar-refractivity contribution in [3.05, 3.63) is 64.7 Å². The molecule has 1 saturated carbocycles. The number of carbonyl (C=O) groups is 1. The molecular formula is C25H32N2O3S. The zero-order chi connectivity index (χ0) is 22.2. The molecule has 2 aromatic rings. The van der Waals surface area contributed by atoms with Gasteiger partial charge in [-0.15, -0.1) is 0 Å². The molecule has 0 radical (unpaired) electrons. The lowest BCUT2D eigenvalue weighted by molar-refractivity contribution is -0.127. The molecule has 1 aliphatic heterocycles. The number of hydrogen-bond acceptors (Lipinski definition) is 3. The van der Waals surface area contributed by atoms with Crippen molar-refractivity contribution < 1.29 is 13.2 Å². The van der Waals surface area contributed by atoms with Gasteiger partial charge in [0.05, 0.1) is 10.9 Å². The third-order valence-electron chi connectivity index (χ3n) is 6.58. The van der Waals surface area contributed by atoms with E-state index in [0.29, 0.717) is 36.7 Å². The van der Waals surface area contributed by atoms with Crippen molar-refractivity contribution in [2.24, 2.45) is 11.8 Å². The minimum Gasteiger partial charge on any atom is -0.349 e. The number of carbonyl (C=O) groups excluding carboxylic acids is 1. The van der Waals surface area contributed by atoms with Gasteiger partial charge in [-0.25, -0.2) is 8.42 Å². The van der Waals surface area contributed by atoms with Gasteiger partial charge in [-0.2, -0.15) is 4.31 Å². The second-order valence-electron chi connectivity index (χ2n) is 9.14. The van der Waals surface area contributed by atoms with Gasteiger partial charge >= 0.3 is 0 Å². The van der Waals surface area contributed by atoms with E-state index in [2.05, 4.69) is 17.4 Å². The first-order valence-corrected chi connectivity index (χ1v) is 12.6. The summed E-state index contributed by atoms with van der Waals surface area (Å²) in [5.41, 5.74) is 3.79. The summed E-state index contributed by atoms with van der Waals surface area (Å²) in [7, 11) is -3.56. The monoisotopic (exact) mass is 440 g/mol. The van der Waals surface area contributed by atoms with Crippen molar-refractivity contribution in [2.45, 2.75) is 57.4 Å². The van der Waals surface area contributed by atoms with Gasteiger partial charge in [-0.3, -0.25) is 4.79 Å². The summed E-state index contributed by atoms with van der Waals surface area (Å²) in [5, 5.41) is 3.27. The second kappa shape index (κ2) is 8.75. The Morgan fingerprint density at radius 2 is 1.55 bits per heavy atom. The molecular weight excluding hydrogens is 408 g/mol. The van der Waals surface area contributed by atoms with Gasteiger partial charge in [0.15, 0.2) is 0 Å². The Morgan fingerprint density at radius 1 is 0.968 bits per heavy atom. The minimum atomic E-state index is -3.56. The lowest BCUT2D eigenvalue weighted by Gasteiger charge is -2.32. The average molecular weight is 441 g/mol. The topological polar surface area (TPSA) is 66.5 Å². The van der Waals surface area contributed by atoms with Crippen LogP contribution in [0.1, 0.15) is 54.0 Å². The third-order valence-corrected chi connectivity index (χ3v) is 8.78. The number of aryl methyl sites for hydroxylation is 3. The Bertz CT molecular complexity index is 1030. The van der Waals surface area contributed by atoms with E-state index in [0.717, 1.165) is 35.1 Å². The lowest BCUT2D eigenvalue weighted by Crippen LogP contribution is -2.44. The molecule has 1 atom stereocenters. The SMILES string of the molecule is Cc1cc(C)c(S(=O)(=O)N2CCC(C(=O)N[C@@H](c3ccccc3)C3CC3)CC2)c(C)c1. The number of rotatable bonds is 6. The van der Waals surface area contributed by atoms with E-state index >= 15 is 0 Å². The predicted molar refractivity (Wildman–Crippen MR) is 122 cm³/mol. The highest BCUT2D eigenvalue weighted by atomic mass is 32.2. The Morgan fingerprint density at radius 3 is 2.10 bits per heavy atom. The van der Waals surface area contributed by atoms with Crippen LogP contribution in [0.5, 0.6) is 0 Å². The van der Waals surface area contributed by atoms with Crippen molar-refractivity contribution in [3.63, 3.8) is 0 Å². The molecule has 5 nitrogen and oxygen atoms in total. The van der Waals surface area contributed by atoms with Crippen LogP contribution in [0.15, 0.2) is 47.4 Å². The third kappa shape index (κ3) is 4.70. The van der Waals surface area contributed by atoms with E-state index < -0.39 is 10.0 Å². The molecule has 1 aliphatic carbocycles. The molecule has 0 spiro atoms. The highest BCUT2D eigenvalue weighted by molar-refractivity contribution is 7.89. The molecule has 1 N–H and O–H groups in total. The summed E-state index contributed by atoms with van der Waals surface area (Å²) in [6.07, 6.45) is 3.40. The minimum absolute atomic E-state index is 0.0560. The van der Waals surface area contributed by atoms with Crippen LogP contribution in [0.4, 0.5) is 0 Å². The number of sulfonamides is 1. The smallest absolute Gasteiger partial charge is 0.243 e. The molecule has 31 heavy (non-hydrogen) atoms. The summed E-state index contributed by atoms with van der Waals surface area (Å²) in [6.45, 7) is 6.45. The molecule has 2 fully saturated rings. The maximum absolute atomic E-state index is 13.3. The molecule has 0 unspecified atom stereocenters. The highest BCUT2D eigenvalue weighted by Gasteiger charge is 2.37. The first kappa shape index (κ1) is 22.0. The van der Waals surface area contributed by atoms with Crippen molar-refractivity contribution in [1.29, 1.82) is 0 Å². The summed E-state index contributed by atoms with van der Waals surface area (Å²) in [4.78, 5) is 13.4. The molecule has 2 aromatic carbocycles. The average Bonchev–Trinajstić information content (AvgIpc) is 3.57. The first-order valence-electron chi connectivity index (χ1n) is 11.2. The molecule has 2 aliphatic rings. The van der Waals surface area contributed by atoms with E-state index in [1.54, 1.807) is 4.31 Å². The van der Waals surface area contributed by atoms with Crippen molar-refractivity contribution in [3.8, 4) is 0 Å². The standard InChI is InChI=1S/C25H32N2O3S/c1-17-15-18(2)24(19(3)16-17)31(29,30)27-13-11-22(12-14-27)25(28)26-23(21-9-10-21)20-7-5-4-6-8-20/h4-8,15-16,21-23H,9-14H2,1-3H3,(H,26,28)/t23-/m0/s1. The van der Waals surface area contributed by atoms with E-state index in [1.807, 2.05) is 51.1 Å². The number of piperidine rings is 1. The van der Waals surface area contributed by atoms with Crippen molar-refractivity contribution in [1.82, 2.24) is 9.62 Å². The van der Waals surface area contributed by atoms with Crippen LogP contribution in [0.3, 0.4) is 0 Å². The molecule has 0 bridgehead atoms. The van der Waals surface area contributed by atoms with Crippen LogP contribution in [0.2, 0.25) is 0 Å². The summed E-state index contributed by atoms with van der Waals surface area (Å²) < 4.78 is 28.2. The zero-order valence-electron chi connectivity index (χ0n) is 18.6. The second-order valence-corrected chi connectivity index (χ2v) is 11.0. The van der Waals surface area contributed by atoms with Crippen LogP contribution in [-0.2, 0) is 14.8 Å². The van der Waals surface area contributed by atoms with Gasteiger partial charge < -0.3 is 5.32 Å². The van der Waals surface area contributed by atoms with Gasteiger partial charge in [0, 0.05) is 19.0 Å². The highest BCUT2D eigenvalue weighted by Crippen LogP contribution is 2.41. The fraction of sp³-hybridized carbons (Fsp3) is 0.480. The Labute approximate surface area is 185 Å². The fourth-order valence-corrected chi connectivity index (χ4v) is 6.78. The summed E-state index contributed by atoms with van der Waals surface area (Å²) >= 11 is 0. The largest absolute Gasteiger partial charge is 0.349 e. The number of nitrogens with one attached hydrogen (secondary N) is 1. The molecule has 0 aromatic heterocycles. The van der Waals surface area contributed by atoms with Crippen LogP contribution < -0.4 is 5.32 Å². The van der Waals surface area contributed by atoms with E-state index in [9.17, 15) is 13.2 Å². The molecule has 1 heterocycles. The van der Waals surface area contributed by atoms with Gasteiger partial charge in [-0.05, 0) is 69.1 Å². The Kier molecular flexibility index (Phi) is 6.22. The Balaban J connectivity index is 1.42. The van der Waals surface area contributed by atoms with Crippen molar-refractivity contribution in [2.75, 3.05) is 13.1 Å². The maximum Gasteiger partial charge on any atom is 0.243 e. The number of nitrogens with zero attached hydrogens (tertiary/aromatic N) is 1. The van der Waals surface area contributed by atoms with Crippen LogP contribution in [-0.4, -0.2) is 31.7 Å². The van der Waals surface area contributed by atoms with E-state index in [-0.39, 0.29) is 17.9 Å². The first-order chi connectivity index (χ1) is 14.8. The van der Waals surface area contributed by atoms with Gasteiger partial charge in [-0.1, -0.05) is 48.0 Å². The van der Waals surface area contributed by atoms with Crippen molar-refractivity contribution >= 4 is 15.9 Å². The number of amides is 1. The van der Waals surface area contributed by atoms with Crippen LogP contribution in [0.25, 0.3) is 0 Å². The molecule has 4 rings (SSSR count). The van der Waals surface area contributed by atoms with E-state index in [4.69, 9.17) is 0 Å². The zero-order valence-corrected chi connectivity index (χ0v) is 19.4. The van der Waals surface area contributed by atoms with Gasteiger partial charge in [0.2, 0.25) is 15.9 Å². The maximum atomic E-state index is 13.3. The quantitative estimate of drug-likeness (QED) is 0.729. The van der Waals surface area contributed by atoms with Gasteiger partial charge in [0.25, 0.3) is 0 Å². The van der Waals surface area contributed by atoms with Gasteiger partial charge in [0.1, 0.15) is 0 Å². The summed E-state index contributed by atoms with van der Waals surface area (Å²) in [5.74, 6) is 0.427. The molecule has 166 valence electrons. The number of benzene rings is 2. The normalized spacial score (nSPS) is 19.2. The number of hydrogen-bond donors (Lipinski definition) is 1. The van der Waals surface area contributed by atoms with Crippen LogP contribution >= 0.6 is 0 Å². The molecule has 1 amide bonds. The fourth-order valence-electron chi connectivity index (χ4n) is 4.90. The molecule has 1 saturated heterocycles.